The van der Waals surface area contributed by atoms with Crippen molar-refractivity contribution in [2.45, 2.75) is 82.2 Å². The predicted octanol–water partition coefficient (Wildman–Crippen LogP) is 5.40. The Balaban J connectivity index is 1.57. The molecule has 0 aliphatic heterocycles. The molecule has 0 atom stereocenters. The van der Waals surface area contributed by atoms with E-state index < -0.39 is 33.4 Å². The molecule has 1 amide bonds. The number of carbonyl (C=O) groups excluding carboxylic acids is 2. The monoisotopic (exact) mass is 597 g/mol. The molecule has 11 heteroatoms. The first-order valence-corrected chi connectivity index (χ1v) is 16.3. The fourth-order valence-corrected chi connectivity index (χ4v) is 8.31. The van der Waals surface area contributed by atoms with Crippen LogP contribution in [0.15, 0.2) is 41.3 Å². The topological polar surface area (TPSA) is 143 Å². The Morgan fingerprint density at radius 1 is 0.951 bits per heavy atom. The minimum Gasteiger partial charge on any atom is -0.481 e. The van der Waals surface area contributed by atoms with Crippen molar-refractivity contribution >= 4 is 49.8 Å². The van der Waals surface area contributed by atoms with E-state index in [1.165, 1.54) is 0 Å². The number of rotatable bonds is 8. The van der Waals surface area contributed by atoms with Gasteiger partial charge in [-0.25, -0.2) is 18.1 Å². The average Bonchev–Trinajstić information content (AvgIpc) is 3.33. The van der Waals surface area contributed by atoms with E-state index in [2.05, 4.69) is 15.0 Å². The van der Waals surface area contributed by atoms with E-state index in [1.54, 1.807) is 45.0 Å². The van der Waals surface area contributed by atoms with Gasteiger partial charge in [0.1, 0.15) is 5.69 Å². The molecule has 2 fully saturated rings. The van der Waals surface area contributed by atoms with Crippen LogP contribution in [0.4, 0.5) is 0 Å². The summed E-state index contributed by atoms with van der Waals surface area (Å²) >= 11 is 1.11. The Labute approximate surface area is 243 Å². The molecule has 0 radical (unpaired) electrons. The van der Waals surface area contributed by atoms with Gasteiger partial charge in [-0.15, -0.1) is 11.3 Å². The van der Waals surface area contributed by atoms with Gasteiger partial charge in [-0.05, 0) is 57.9 Å². The maximum Gasteiger partial charge on any atom is 0.306 e. The molecular weight excluding hydrogens is 562 g/mol. The van der Waals surface area contributed by atoms with E-state index in [0.717, 1.165) is 43.4 Å². The summed E-state index contributed by atoms with van der Waals surface area (Å²) in [6, 6.07) is 10.1. The number of carbonyl (C=O) groups is 3. The predicted molar refractivity (Wildman–Crippen MR) is 158 cm³/mol. The molecule has 2 aliphatic carbocycles. The lowest BCUT2D eigenvalue weighted by Gasteiger charge is -2.32. The van der Waals surface area contributed by atoms with Crippen LogP contribution in [0.3, 0.4) is 0 Å². The zero-order chi connectivity index (χ0) is 29.5. The van der Waals surface area contributed by atoms with Crippen LogP contribution in [0.25, 0.3) is 21.2 Å². The molecule has 0 spiro atoms. The number of aliphatic carboxylic acids is 1. The van der Waals surface area contributed by atoms with Crippen LogP contribution in [0.2, 0.25) is 0 Å². The first-order chi connectivity index (χ1) is 19.3. The minimum absolute atomic E-state index is 0.0974. The number of thiazole rings is 1. The smallest absolute Gasteiger partial charge is 0.306 e. The molecule has 1 aromatic heterocycles. The van der Waals surface area contributed by atoms with Crippen LogP contribution >= 0.6 is 11.3 Å². The number of carboxylic acid groups (broad SMARTS) is 1. The summed E-state index contributed by atoms with van der Waals surface area (Å²) in [5.74, 6) is -2.05. The highest BCUT2D eigenvalue weighted by Crippen LogP contribution is 2.40. The number of ketones is 1. The second kappa shape index (κ2) is 11.3. The molecule has 2 saturated carbocycles. The van der Waals surface area contributed by atoms with Gasteiger partial charge < -0.3 is 10.4 Å². The number of fused-ring (bicyclic) bond motifs is 1. The van der Waals surface area contributed by atoms with Crippen LogP contribution in [0.5, 0.6) is 0 Å². The van der Waals surface area contributed by atoms with Gasteiger partial charge in [0.25, 0.3) is 5.91 Å². The van der Waals surface area contributed by atoms with Crippen molar-refractivity contribution < 1.29 is 27.9 Å². The highest BCUT2D eigenvalue weighted by molar-refractivity contribution is 7.89. The van der Waals surface area contributed by atoms with Crippen molar-refractivity contribution in [2.24, 2.45) is 11.8 Å². The van der Waals surface area contributed by atoms with E-state index in [9.17, 15) is 22.8 Å². The minimum atomic E-state index is -3.85. The summed E-state index contributed by atoms with van der Waals surface area (Å²) in [4.78, 5) is 43.4. The molecule has 3 aromatic rings. The number of hydrogen-bond acceptors (Lipinski definition) is 7. The van der Waals surface area contributed by atoms with Gasteiger partial charge in [-0.3, -0.25) is 14.4 Å². The standard InChI is InChI=1S/C30H35N3O6S2/c1-30(2,3)33-41(38,39)23-14-13-22(20-11-7-8-12-21(20)23)26-24(25(34)17-9-5-4-6-10-17)32-28(40-26)27(35)31-19-15-18(16-19)29(36)37/h7-8,11-14,17-19,33H,4-6,9-10,15-16H2,1-3H3,(H,31,35)(H,36,37)/t18-,19-. The van der Waals surface area contributed by atoms with Crippen molar-refractivity contribution in [1.29, 1.82) is 0 Å². The number of Topliss-reactive ketones (excluding diaryl/α,β-unsaturated/α-hetero) is 1. The number of nitrogens with one attached hydrogen (secondary N) is 2. The second-order valence-electron chi connectivity index (χ2n) is 12.1. The van der Waals surface area contributed by atoms with Gasteiger partial charge in [-0.1, -0.05) is 49.6 Å². The lowest BCUT2D eigenvalue weighted by Crippen LogP contribution is -2.46. The van der Waals surface area contributed by atoms with Crippen molar-refractivity contribution in [1.82, 2.24) is 15.0 Å². The maximum absolute atomic E-state index is 13.8. The molecule has 5 rings (SSSR count). The summed E-state index contributed by atoms with van der Waals surface area (Å²) in [6.07, 6.45) is 5.27. The molecule has 0 saturated heterocycles. The van der Waals surface area contributed by atoms with Crippen LogP contribution < -0.4 is 10.0 Å². The Bertz CT molecular complexity index is 1610. The Kier molecular flexibility index (Phi) is 8.06. The van der Waals surface area contributed by atoms with Gasteiger partial charge in [0.05, 0.1) is 15.7 Å². The van der Waals surface area contributed by atoms with E-state index in [-0.39, 0.29) is 33.3 Å². The summed E-state index contributed by atoms with van der Waals surface area (Å²) < 4.78 is 29.4. The number of hydrogen-bond donors (Lipinski definition) is 3. The van der Waals surface area contributed by atoms with Crippen molar-refractivity contribution in [2.75, 3.05) is 0 Å². The molecular formula is C30H35N3O6S2. The summed E-state index contributed by atoms with van der Waals surface area (Å²) in [6.45, 7) is 5.33. The number of amides is 1. The first kappa shape index (κ1) is 29.3. The average molecular weight is 598 g/mol. The van der Waals surface area contributed by atoms with Crippen molar-refractivity contribution in [3.05, 3.63) is 47.1 Å². The first-order valence-electron chi connectivity index (χ1n) is 14.0. The number of nitrogens with zero attached hydrogens (tertiary/aromatic N) is 1. The number of sulfonamides is 1. The molecule has 1 heterocycles. The summed E-state index contributed by atoms with van der Waals surface area (Å²) in [5.41, 5.74) is 0.196. The zero-order valence-corrected chi connectivity index (χ0v) is 25.0. The van der Waals surface area contributed by atoms with Crippen LogP contribution in [-0.2, 0) is 14.8 Å². The normalized spacial score (nSPS) is 20.0. The van der Waals surface area contributed by atoms with Gasteiger partial charge in [0.15, 0.2) is 10.8 Å². The van der Waals surface area contributed by atoms with E-state index in [4.69, 9.17) is 5.11 Å². The third kappa shape index (κ3) is 6.22. The summed E-state index contributed by atoms with van der Waals surface area (Å²) in [5, 5.41) is 13.3. The molecule has 0 bridgehead atoms. The molecule has 218 valence electrons. The highest BCUT2D eigenvalue weighted by Gasteiger charge is 2.37. The SMILES string of the molecule is CC(C)(C)NS(=O)(=O)c1ccc(-c2sc(C(=O)N[C@H]3C[C@H](C(=O)O)C3)nc2C(=O)C2CCCCC2)c2ccccc12. The Hall–Kier alpha value is -3.15. The third-order valence-corrected chi connectivity index (χ3v) is 10.6. The van der Waals surface area contributed by atoms with Crippen molar-refractivity contribution in [3.63, 3.8) is 0 Å². The third-order valence-electron chi connectivity index (χ3n) is 7.71. The number of aromatic nitrogens is 1. The maximum atomic E-state index is 13.8. The van der Waals surface area contributed by atoms with Gasteiger partial charge >= 0.3 is 5.97 Å². The Morgan fingerprint density at radius 2 is 1.61 bits per heavy atom. The van der Waals surface area contributed by atoms with Crippen LogP contribution in [0.1, 0.15) is 86.0 Å². The lowest BCUT2D eigenvalue weighted by atomic mass is 9.80. The van der Waals surface area contributed by atoms with E-state index >= 15 is 0 Å². The van der Waals surface area contributed by atoms with Gasteiger partial charge in [0.2, 0.25) is 10.0 Å². The fourth-order valence-electron chi connectivity index (χ4n) is 5.67. The number of carboxylic acids is 1. The van der Waals surface area contributed by atoms with Crippen LogP contribution in [0, 0.1) is 11.8 Å². The molecule has 0 unspecified atom stereocenters. The largest absolute Gasteiger partial charge is 0.481 e. The number of benzene rings is 2. The summed E-state index contributed by atoms with van der Waals surface area (Å²) in [7, 11) is -3.85. The van der Waals surface area contributed by atoms with Gasteiger partial charge in [-0.2, -0.15) is 0 Å². The van der Waals surface area contributed by atoms with E-state index in [1.807, 2.05) is 12.1 Å². The molecule has 3 N–H and O–H groups in total. The van der Waals surface area contributed by atoms with Crippen molar-refractivity contribution in [3.8, 4) is 10.4 Å². The molecule has 2 aromatic carbocycles. The Morgan fingerprint density at radius 3 is 2.24 bits per heavy atom. The second-order valence-corrected chi connectivity index (χ2v) is 14.7. The van der Waals surface area contributed by atoms with Crippen LogP contribution in [-0.4, -0.2) is 47.7 Å². The molecule has 41 heavy (non-hydrogen) atoms. The quantitative estimate of drug-likeness (QED) is 0.295. The molecule has 2 aliphatic rings. The van der Waals surface area contributed by atoms with Gasteiger partial charge in [0, 0.05) is 28.4 Å². The fraction of sp³-hybridized carbons (Fsp3) is 0.467. The van der Waals surface area contributed by atoms with E-state index in [0.29, 0.717) is 34.1 Å². The lowest BCUT2D eigenvalue weighted by molar-refractivity contribution is -0.145. The zero-order valence-electron chi connectivity index (χ0n) is 23.4. The molecule has 9 nitrogen and oxygen atoms in total. The highest BCUT2D eigenvalue weighted by atomic mass is 32.2.